The molecule has 7 heteroatoms. The molecular formula is C14H21FN2O3S. The average molecular weight is 316 g/mol. The van der Waals surface area contributed by atoms with E-state index in [-0.39, 0.29) is 16.7 Å². The van der Waals surface area contributed by atoms with Gasteiger partial charge in [0, 0.05) is 19.1 Å². The summed E-state index contributed by atoms with van der Waals surface area (Å²) in [7, 11) is -2.32. The second kappa shape index (κ2) is 6.29. The van der Waals surface area contributed by atoms with Crippen molar-refractivity contribution in [3.63, 3.8) is 0 Å². The molecule has 1 aromatic carbocycles. The van der Waals surface area contributed by atoms with Crippen LogP contribution in [-0.2, 0) is 10.0 Å². The first kappa shape index (κ1) is 16.2. The van der Waals surface area contributed by atoms with Crippen molar-refractivity contribution < 1.29 is 17.5 Å². The molecule has 1 unspecified atom stereocenters. The van der Waals surface area contributed by atoms with Crippen LogP contribution in [0.25, 0.3) is 0 Å². The van der Waals surface area contributed by atoms with Gasteiger partial charge >= 0.3 is 0 Å². The maximum Gasteiger partial charge on any atom is 0.243 e. The summed E-state index contributed by atoms with van der Waals surface area (Å²) in [4.78, 5) is -0.0416. The van der Waals surface area contributed by atoms with E-state index in [2.05, 4.69) is 0 Å². The van der Waals surface area contributed by atoms with Crippen molar-refractivity contribution in [3.05, 3.63) is 24.0 Å². The largest absolute Gasteiger partial charge is 0.494 e. The highest BCUT2D eigenvalue weighted by Crippen LogP contribution is 2.27. The first-order valence-corrected chi connectivity index (χ1v) is 8.39. The Balaban J connectivity index is 2.17. The van der Waals surface area contributed by atoms with Crippen molar-refractivity contribution in [2.75, 3.05) is 20.2 Å². The van der Waals surface area contributed by atoms with E-state index in [4.69, 9.17) is 10.5 Å². The quantitative estimate of drug-likeness (QED) is 0.915. The molecule has 2 rings (SSSR count). The maximum atomic E-state index is 13.7. The van der Waals surface area contributed by atoms with Crippen LogP contribution in [0, 0.1) is 11.7 Å². The van der Waals surface area contributed by atoms with Crippen LogP contribution >= 0.6 is 0 Å². The number of sulfonamides is 1. The molecule has 0 aliphatic carbocycles. The molecule has 1 heterocycles. The normalized spacial score (nSPS) is 19.4. The lowest BCUT2D eigenvalue weighted by atomic mass is 9.92. The third kappa shape index (κ3) is 3.36. The monoisotopic (exact) mass is 316 g/mol. The van der Waals surface area contributed by atoms with Gasteiger partial charge in [0.05, 0.1) is 12.0 Å². The zero-order valence-corrected chi connectivity index (χ0v) is 13.1. The number of nitrogens with two attached hydrogens (primary N) is 1. The molecule has 118 valence electrons. The standard InChI is InChI=1S/C14H21FN2O3S/c1-10(16)11-5-7-17(8-6-11)21(18,19)12-3-4-14(20-2)13(15)9-12/h3-4,9-11H,5-8,16H2,1-2H3. The highest BCUT2D eigenvalue weighted by molar-refractivity contribution is 7.89. The second-order valence-corrected chi connectivity index (χ2v) is 7.33. The summed E-state index contributed by atoms with van der Waals surface area (Å²) in [5.74, 6) is -0.308. The molecule has 2 N–H and O–H groups in total. The number of nitrogens with zero attached hydrogens (tertiary/aromatic N) is 1. The Kier molecular flexibility index (Phi) is 4.85. The fourth-order valence-electron chi connectivity index (χ4n) is 2.60. The summed E-state index contributed by atoms with van der Waals surface area (Å²) < 4.78 is 44.9. The highest BCUT2D eigenvalue weighted by atomic mass is 32.2. The van der Waals surface area contributed by atoms with Crippen molar-refractivity contribution in [2.45, 2.75) is 30.7 Å². The van der Waals surface area contributed by atoms with Gasteiger partial charge < -0.3 is 10.5 Å². The molecule has 0 saturated carbocycles. The smallest absolute Gasteiger partial charge is 0.243 e. The number of hydrogen-bond acceptors (Lipinski definition) is 4. The minimum atomic E-state index is -3.66. The van der Waals surface area contributed by atoms with Gasteiger partial charge in [0.2, 0.25) is 10.0 Å². The Labute approximate surface area is 124 Å². The number of methoxy groups -OCH3 is 1. The molecule has 5 nitrogen and oxygen atoms in total. The Morgan fingerprint density at radius 1 is 1.38 bits per heavy atom. The van der Waals surface area contributed by atoms with Gasteiger partial charge in [0.25, 0.3) is 0 Å². The first-order valence-electron chi connectivity index (χ1n) is 6.95. The predicted octanol–water partition coefficient (Wildman–Crippen LogP) is 1.58. The topological polar surface area (TPSA) is 72.6 Å². The van der Waals surface area contributed by atoms with Gasteiger partial charge in [-0.1, -0.05) is 0 Å². The van der Waals surface area contributed by atoms with E-state index in [0.717, 1.165) is 18.9 Å². The maximum absolute atomic E-state index is 13.7. The summed E-state index contributed by atoms with van der Waals surface area (Å²) in [6.45, 7) is 2.78. The molecule has 0 aromatic heterocycles. The first-order chi connectivity index (χ1) is 9.86. The molecule has 1 fully saturated rings. The molecule has 0 amide bonds. The molecule has 0 spiro atoms. The Hall–Kier alpha value is -1.18. The van der Waals surface area contributed by atoms with Crippen molar-refractivity contribution in [1.82, 2.24) is 4.31 Å². The minimum absolute atomic E-state index is 0.0321. The summed E-state index contributed by atoms with van der Waals surface area (Å²) in [5.41, 5.74) is 5.85. The van der Waals surface area contributed by atoms with Crippen LogP contribution in [0.4, 0.5) is 4.39 Å². The molecule has 1 atom stereocenters. The van der Waals surface area contributed by atoms with Crippen molar-refractivity contribution in [2.24, 2.45) is 11.7 Å². The summed E-state index contributed by atoms with van der Waals surface area (Å²) >= 11 is 0. The minimum Gasteiger partial charge on any atom is -0.494 e. The Bertz CT molecular complexity index is 596. The van der Waals surface area contributed by atoms with Gasteiger partial charge in [-0.25, -0.2) is 12.8 Å². The second-order valence-electron chi connectivity index (χ2n) is 5.40. The van der Waals surface area contributed by atoms with E-state index < -0.39 is 15.8 Å². The van der Waals surface area contributed by atoms with Gasteiger partial charge in [-0.2, -0.15) is 4.31 Å². The lowest BCUT2D eigenvalue weighted by molar-refractivity contribution is 0.250. The fraction of sp³-hybridized carbons (Fsp3) is 0.571. The van der Waals surface area contributed by atoms with Crippen molar-refractivity contribution in [3.8, 4) is 5.75 Å². The summed E-state index contributed by atoms with van der Waals surface area (Å²) in [6.07, 6.45) is 1.46. The van der Waals surface area contributed by atoms with Gasteiger partial charge in [-0.15, -0.1) is 0 Å². The highest BCUT2D eigenvalue weighted by Gasteiger charge is 2.31. The van der Waals surface area contributed by atoms with Crippen molar-refractivity contribution in [1.29, 1.82) is 0 Å². The van der Waals surface area contributed by atoms with E-state index in [9.17, 15) is 12.8 Å². The zero-order valence-electron chi connectivity index (χ0n) is 12.3. The van der Waals surface area contributed by atoms with Crippen molar-refractivity contribution >= 4 is 10.0 Å². The van der Waals surface area contributed by atoms with Crippen LogP contribution in [0.2, 0.25) is 0 Å². The third-order valence-electron chi connectivity index (χ3n) is 4.00. The molecule has 1 aliphatic rings. The number of piperidine rings is 1. The van der Waals surface area contributed by atoms with Crippen LogP contribution in [0.5, 0.6) is 5.75 Å². The summed E-state index contributed by atoms with van der Waals surface area (Å²) in [5, 5.41) is 0. The van der Waals surface area contributed by atoms with Gasteiger partial charge in [-0.05, 0) is 43.9 Å². The van der Waals surface area contributed by atoms with E-state index in [1.807, 2.05) is 6.92 Å². The van der Waals surface area contributed by atoms with Crippen LogP contribution in [0.15, 0.2) is 23.1 Å². The molecule has 0 bridgehead atoms. The van der Waals surface area contributed by atoms with E-state index >= 15 is 0 Å². The predicted molar refractivity (Wildman–Crippen MR) is 78.1 cm³/mol. The van der Waals surface area contributed by atoms with E-state index in [0.29, 0.717) is 19.0 Å². The third-order valence-corrected chi connectivity index (χ3v) is 5.90. The number of ether oxygens (including phenoxy) is 1. The number of benzene rings is 1. The SMILES string of the molecule is COc1ccc(S(=O)(=O)N2CCC(C(C)N)CC2)cc1F. The molecular weight excluding hydrogens is 295 g/mol. The molecule has 1 aliphatic heterocycles. The average Bonchev–Trinajstić information content (AvgIpc) is 2.47. The van der Waals surface area contributed by atoms with Crippen LogP contribution < -0.4 is 10.5 Å². The fourth-order valence-corrected chi connectivity index (χ4v) is 4.08. The molecule has 1 aromatic rings. The van der Waals surface area contributed by atoms with Crippen LogP contribution in [0.3, 0.4) is 0 Å². The Morgan fingerprint density at radius 3 is 2.48 bits per heavy atom. The van der Waals surface area contributed by atoms with E-state index in [1.165, 1.54) is 23.5 Å². The molecule has 0 radical (unpaired) electrons. The lowest BCUT2D eigenvalue weighted by Gasteiger charge is -2.32. The zero-order chi connectivity index (χ0) is 15.6. The Morgan fingerprint density at radius 2 is 2.00 bits per heavy atom. The van der Waals surface area contributed by atoms with E-state index in [1.54, 1.807) is 0 Å². The van der Waals surface area contributed by atoms with Crippen LogP contribution in [-0.4, -0.2) is 39.0 Å². The molecule has 1 saturated heterocycles. The lowest BCUT2D eigenvalue weighted by Crippen LogP contribution is -2.42. The number of rotatable bonds is 4. The van der Waals surface area contributed by atoms with Gasteiger partial charge in [0.1, 0.15) is 0 Å². The molecule has 21 heavy (non-hydrogen) atoms. The van der Waals surface area contributed by atoms with Gasteiger partial charge in [0.15, 0.2) is 11.6 Å². The number of halogens is 1. The summed E-state index contributed by atoms with van der Waals surface area (Å²) in [6, 6.07) is 3.77. The van der Waals surface area contributed by atoms with Crippen LogP contribution in [0.1, 0.15) is 19.8 Å². The number of hydrogen-bond donors (Lipinski definition) is 1. The van der Waals surface area contributed by atoms with Gasteiger partial charge in [-0.3, -0.25) is 0 Å².